The predicted molar refractivity (Wildman–Crippen MR) is 48.7 cm³/mol. The van der Waals surface area contributed by atoms with Crippen molar-refractivity contribution in [2.24, 2.45) is 0 Å². The third-order valence-corrected chi connectivity index (χ3v) is 2.45. The van der Waals surface area contributed by atoms with E-state index in [1.54, 1.807) is 0 Å². The summed E-state index contributed by atoms with van der Waals surface area (Å²) in [5.74, 6) is 0. The van der Waals surface area contributed by atoms with E-state index in [4.69, 9.17) is 9.84 Å². The monoisotopic (exact) mass is 212 g/mol. The van der Waals surface area contributed by atoms with E-state index in [0.29, 0.717) is 5.56 Å². The van der Waals surface area contributed by atoms with Gasteiger partial charge in [0.15, 0.2) is 0 Å². The number of hydrogen-bond acceptors (Lipinski definition) is 6. The van der Waals surface area contributed by atoms with Gasteiger partial charge in [-0.25, -0.2) is 9.97 Å². The fraction of sp³-hybridized carbons (Fsp3) is 0.556. The molecule has 2 heterocycles. The highest BCUT2D eigenvalue weighted by atomic mass is 16.6. The SMILES string of the molecule is OC[C@H]1O[C@@H](c2cncnc2)[C@H](O)[C@@H]1O. The first-order valence-corrected chi connectivity index (χ1v) is 4.61. The minimum Gasteiger partial charge on any atom is -0.394 e. The number of rotatable bonds is 2. The van der Waals surface area contributed by atoms with Crippen molar-refractivity contribution in [3.05, 3.63) is 24.3 Å². The van der Waals surface area contributed by atoms with E-state index in [0.717, 1.165) is 0 Å². The van der Waals surface area contributed by atoms with Gasteiger partial charge in [-0.3, -0.25) is 0 Å². The summed E-state index contributed by atoms with van der Waals surface area (Å²) in [6, 6.07) is 0. The molecule has 0 unspecified atom stereocenters. The molecule has 0 bridgehead atoms. The molecule has 6 heteroatoms. The van der Waals surface area contributed by atoms with Crippen molar-refractivity contribution in [3.63, 3.8) is 0 Å². The van der Waals surface area contributed by atoms with Crippen LogP contribution in [-0.2, 0) is 4.74 Å². The molecule has 0 aliphatic carbocycles. The zero-order valence-corrected chi connectivity index (χ0v) is 7.89. The highest BCUT2D eigenvalue weighted by Gasteiger charge is 2.43. The quantitative estimate of drug-likeness (QED) is 0.560. The largest absolute Gasteiger partial charge is 0.394 e. The Kier molecular flexibility index (Phi) is 2.92. The molecular weight excluding hydrogens is 200 g/mol. The van der Waals surface area contributed by atoms with E-state index >= 15 is 0 Å². The van der Waals surface area contributed by atoms with Crippen molar-refractivity contribution in [1.82, 2.24) is 9.97 Å². The fourth-order valence-electron chi connectivity index (χ4n) is 1.63. The van der Waals surface area contributed by atoms with E-state index in [9.17, 15) is 10.2 Å². The van der Waals surface area contributed by atoms with Crippen molar-refractivity contribution in [2.75, 3.05) is 6.61 Å². The summed E-state index contributed by atoms with van der Waals surface area (Å²) in [5, 5.41) is 28.1. The molecule has 6 nitrogen and oxygen atoms in total. The van der Waals surface area contributed by atoms with Crippen LogP contribution < -0.4 is 0 Å². The number of aromatic nitrogens is 2. The van der Waals surface area contributed by atoms with Gasteiger partial charge in [0.1, 0.15) is 30.7 Å². The van der Waals surface area contributed by atoms with Crippen LogP contribution in [0.2, 0.25) is 0 Å². The van der Waals surface area contributed by atoms with Crippen LogP contribution in [0.15, 0.2) is 18.7 Å². The van der Waals surface area contributed by atoms with E-state index in [1.165, 1.54) is 18.7 Å². The lowest BCUT2D eigenvalue weighted by Crippen LogP contribution is -2.32. The molecule has 0 amide bonds. The second kappa shape index (κ2) is 4.19. The van der Waals surface area contributed by atoms with Crippen molar-refractivity contribution in [1.29, 1.82) is 0 Å². The number of nitrogens with zero attached hydrogens (tertiary/aromatic N) is 2. The minimum absolute atomic E-state index is 0.331. The van der Waals surface area contributed by atoms with Crippen molar-refractivity contribution >= 4 is 0 Å². The summed E-state index contributed by atoms with van der Waals surface area (Å²) in [7, 11) is 0. The smallest absolute Gasteiger partial charge is 0.115 e. The molecule has 15 heavy (non-hydrogen) atoms. The van der Waals surface area contributed by atoms with Gasteiger partial charge in [0.25, 0.3) is 0 Å². The molecule has 82 valence electrons. The van der Waals surface area contributed by atoms with Crippen molar-refractivity contribution in [2.45, 2.75) is 24.4 Å². The first-order chi connectivity index (χ1) is 7.24. The van der Waals surface area contributed by atoms with Gasteiger partial charge < -0.3 is 20.1 Å². The van der Waals surface area contributed by atoms with Crippen molar-refractivity contribution in [3.8, 4) is 0 Å². The Labute approximate surface area is 86.2 Å². The summed E-state index contributed by atoms with van der Waals surface area (Å²) < 4.78 is 5.29. The van der Waals surface area contributed by atoms with Crippen LogP contribution in [0.4, 0.5) is 0 Å². The lowest BCUT2D eigenvalue weighted by Gasteiger charge is -2.13. The van der Waals surface area contributed by atoms with Crippen LogP contribution in [-0.4, -0.2) is 50.2 Å². The minimum atomic E-state index is -1.08. The standard InChI is InChI=1S/C9H12N2O4/c12-3-6-7(13)8(14)9(15-6)5-1-10-4-11-2-5/h1-2,4,6-9,12-14H,3H2/t6-,7-,8-,9+/m1/s1. The molecule has 0 radical (unpaired) electrons. The van der Waals surface area contributed by atoms with E-state index in [-0.39, 0.29) is 6.61 Å². The van der Waals surface area contributed by atoms with Gasteiger partial charge in [-0.15, -0.1) is 0 Å². The van der Waals surface area contributed by atoms with Gasteiger partial charge in [-0.05, 0) is 0 Å². The summed E-state index contributed by atoms with van der Waals surface area (Å²) in [6.45, 7) is -0.331. The second-order valence-electron chi connectivity index (χ2n) is 3.43. The average molecular weight is 212 g/mol. The second-order valence-corrected chi connectivity index (χ2v) is 3.43. The first-order valence-electron chi connectivity index (χ1n) is 4.61. The molecule has 2 rings (SSSR count). The Morgan fingerprint density at radius 2 is 1.87 bits per heavy atom. The molecule has 1 saturated heterocycles. The third-order valence-electron chi connectivity index (χ3n) is 2.45. The van der Waals surface area contributed by atoms with Gasteiger partial charge in [-0.1, -0.05) is 0 Å². The summed E-state index contributed by atoms with van der Waals surface area (Å²) in [6.07, 6.45) is 0.794. The summed E-state index contributed by atoms with van der Waals surface area (Å²) >= 11 is 0. The van der Waals surface area contributed by atoms with Gasteiger partial charge in [0.05, 0.1) is 6.61 Å². The van der Waals surface area contributed by atoms with Crippen molar-refractivity contribution < 1.29 is 20.1 Å². The molecular formula is C9H12N2O4. The molecule has 1 fully saturated rings. The Bertz CT molecular complexity index is 321. The molecule has 1 aliphatic rings. The van der Waals surface area contributed by atoms with Crippen LogP contribution in [0.3, 0.4) is 0 Å². The molecule has 0 aromatic carbocycles. The molecule has 4 atom stereocenters. The maximum Gasteiger partial charge on any atom is 0.115 e. The predicted octanol–water partition coefficient (Wildman–Crippen LogP) is -1.37. The number of aliphatic hydroxyl groups excluding tert-OH is 3. The average Bonchev–Trinajstić information content (AvgIpc) is 2.57. The Morgan fingerprint density at radius 1 is 1.20 bits per heavy atom. The zero-order chi connectivity index (χ0) is 10.8. The molecule has 0 saturated carbocycles. The highest BCUT2D eigenvalue weighted by molar-refractivity contribution is 5.12. The molecule has 1 aromatic rings. The fourth-order valence-corrected chi connectivity index (χ4v) is 1.63. The highest BCUT2D eigenvalue weighted by Crippen LogP contribution is 2.32. The lowest BCUT2D eigenvalue weighted by atomic mass is 10.0. The van der Waals surface area contributed by atoms with E-state index in [1.807, 2.05) is 0 Å². The van der Waals surface area contributed by atoms with Gasteiger partial charge in [-0.2, -0.15) is 0 Å². The van der Waals surface area contributed by atoms with Crippen LogP contribution in [0.25, 0.3) is 0 Å². The van der Waals surface area contributed by atoms with E-state index < -0.39 is 24.4 Å². The van der Waals surface area contributed by atoms with Crippen LogP contribution in [0.1, 0.15) is 11.7 Å². The lowest BCUT2D eigenvalue weighted by molar-refractivity contribution is -0.0229. The van der Waals surface area contributed by atoms with Crippen LogP contribution in [0.5, 0.6) is 0 Å². The Hall–Kier alpha value is -1.08. The van der Waals surface area contributed by atoms with Gasteiger partial charge in [0, 0.05) is 18.0 Å². The number of hydrogen-bond donors (Lipinski definition) is 3. The van der Waals surface area contributed by atoms with E-state index in [2.05, 4.69) is 9.97 Å². The van der Waals surface area contributed by atoms with Crippen LogP contribution in [0, 0.1) is 0 Å². The normalized spacial score (nSPS) is 35.7. The van der Waals surface area contributed by atoms with Gasteiger partial charge in [0.2, 0.25) is 0 Å². The molecule has 0 spiro atoms. The molecule has 1 aromatic heterocycles. The molecule has 3 N–H and O–H groups in total. The third kappa shape index (κ3) is 1.84. The zero-order valence-electron chi connectivity index (χ0n) is 7.89. The summed E-state index contributed by atoms with van der Waals surface area (Å²) in [5.41, 5.74) is 0.583. The Morgan fingerprint density at radius 3 is 2.40 bits per heavy atom. The Balaban J connectivity index is 2.19. The van der Waals surface area contributed by atoms with Crippen LogP contribution >= 0.6 is 0 Å². The maximum absolute atomic E-state index is 9.67. The number of aliphatic hydroxyl groups is 3. The molecule has 1 aliphatic heterocycles. The maximum atomic E-state index is 9.67. The topological polar surface area (TPSA) is 95.7 Å². The van der Waals surface area contributed by atoms with Gasteiger partial charge >= 0.3 is 0 Å². The number of ether oxygens (including phenoxy) is 1. The first kappa shape index (κ1) is 10.4. The summed E-state index contributed by atoms with van der Waals surface area (Å²) in [4.78, 5) is 7.59.